The molecule has 112 valence electrons. The Morgan fingerprint density at radius 1 is 1.27 bits per heavy atom. The highest BCUT2D eigenvalue weighted by Gasteiger charge is 2.16. The number of nitrogens with zero attached hydrogens (tertiary/aromatic N) is 1. The first-order valence-electron chi connectivity index (χ1n) is 6.78. The van der Waals surface area contributed by atoms with E-state index in [9.17, 15) is 4.79 Å². The zero-order chi connectivity index (χ0) is 15.5. The summed E-state index contributed by atoms with van der Waals surface area (Å²) < 4.78 is 3.01. The highest BCUT2D eigenvalue weighted by molar-refractivity contribution is 9.10. The number of hydrogen-bond donors (Lipinski definition) is 2. The number of aromatic nitrogens is 2. The molecule has 0 bridgehead atoms. The molecule has 4 nitrogen and oxygen atoms in total. The number of thioether (sulfide) groups is 1. The van der Waals surface area contributed by atoms with E-state index >= 15 is 0 Å². The number of carbonyl (C=O) groups excluding carboxylic acids is 1. The number of para-hydroxylation sites is 2. The zero-order valence-electron chi connectivity index (χ0n) is 12.0. The summed E-state index contributed by atoms with van der Waals surface area (Å²) in [6.07, 6.45) is 0. The summed E-state index contributed by atoms with van der Waals surface area (Å²) in [5.41, 5.74) is 2.98. The minimum Gasteiger partial charge on any atom is -0.325 e. The summed E-state index contributed by atoms with van der Waals surface area (Å²) in [7, 11) is 1.99. The predicted molar refractivity (Wildman–Crippen MR) is 93.0 cm³/mol. The fourth-order valence-electron chi connectivity index (χ4n) is 2.21. The Bertz CT molecular complexity index is 831. The van der Waals surface area contributed by atoms with Gasteiger partial charge in [-0.25, -0.2) is 9.55 Å². The predicted octanol–water partition coefficient (Wildman–Crippen LogP) is 3.49. The van der Waals surface area contributed by atoms with Crippen molar-refractivity contribution < 1.29 is 9.36 Å². The smallest absolute Gasteiger partial charge is 0.317 e. The van der Waals surface area contributed by atoms with Crippen LogP contribution in [0, 0.1) is 0 Å². The second-order valence-electron chi connectivity index (χ2n) is 4.85. The van der Waals surface area contributed by atoms with Gasteiger partial charge >= 0.3 is 5.16 Å². The SMILES string of the molecule is C[n+]1c(SCC(=O)Nc2cccc(Br)c2)[nH]c2ccccc21. The van der Waals surface area contributed by atoms with E-state index in [0.717, 1.165) is 26.3 Å². The molecule has 0 aliphatic heterocycles. The maximum absolute atomic E-state index is 12.1. The van der Waals surface area contributed by atoms with Crippen LogP contribution in [0.4, 0.5) is 5.69 Å². The highest BCUT2D eigenvalue weighted by atomic mass is 79.9. The van der Waals surface area contributed by atoms with Crippen molar-refractivity contribution in [1.29, 1.82) is 0 Å². The summed E-state index contributed by atoms with van der Waals surface area (Å²) in [5.74, 6) is 0.328. The molecule has 3 rings (SSSR count). The van der Waals surface area contributed by atoms with E-state index in [1.54, 1.807) is 0 Å². The standard InChI is InChI=1S/C16H14BrN3OS/c1-20-14-8-3-2-7-13(14)19-16(20)22-10-15(21)18-12-6-4-5-11(17)9-12/h2-9H,10H2,1H3,(H,18,21)/p+1. The molecule has 3 aromatic rings. The third-order valence-electron chi connectivity index (χ3n) is 3.26. The molecular weight excluding hydrogens is 362 g/mol. The van der Waals surface area contributed by atoms with Crippen molar-refractivity contribution >= 4 is 50.3 Å². The van der Waals surface area contributed by atoms with Gasteiger partial charge in [-0.2, -0.15) is 0 Å². The summed E-state index contributed by atoms with van der Waals surface area (Å²) in [5, 5.41) is 3.86. The highest BCUT2D eigenvalue weighted by Crippen LogP contribution is 2.19. The number of halogens is 1. The molecule has 2 aromatic carbocycles. The normalized spacial score (nSPS) is 10.8. The van der Waals surface area contributed by atoms with E-state index in [2.05, 4.69) is 36.9 Å². The molecule has 1 heterocycles. The Hall–Kier alpha value is -1.79. The van der Waals surface area contributed by atoms with E-state index in [1.165, 1.54) is 11.8 Å². The Morgan fingerprint density at radius 2 is 2.09 bits per heavy atom. The van der Waals surface area contributed by atoms with E-state index in [0.29, 0.717) is 5.75 Å². The fraction of sp³-hybridized carbons (Fsp3) is 0.125. The Labute approximate surface area is 141 Å². The van der Waals surface area contributed by atoms with Crippen LogP contribution in [0.3, 0.4) is 0 Å². The van der Waals surface area contributed by atoms with Crippen molar-refractivity contribution in [3.8, 4) is 0 Å². The molecule has 0 spiro atoms. The molecule has 22 heavy (non-hydrogen) atoms. The number of amides is 1. The third-order valence-corrected chi connectivity index (χ3v) is 4.81. The number of anilines is 1. The van der Waals surface area contributed by atoms with Gasteiger partial charge in [-0.3, -0.25) is 4.79 Å². The molecule has 0 aliphatic rings. The molecule has 0 atom stereocenters. The molecule has 2 N–H and O–H groups in total. The topological polar surface area (TPSA) is 48.8 Å². The van der Waals surface area contributed by atoms with Crippen molar-refractivity contribution in [2.75, 3.05) is 11.1 Å². The number of benzene rings is 2. The van der Waals surface area contributed by atoms with Crippen molar-refractivity contribution in [2.24, 2.45) is 7.05 Å². The number of aromatic amines is 1. The molecule has 0 saturated heterocycles. The third kappa shape index (κ3) is 3.34. The summed E-state index contributed by atoms with van der Waals surface area (Å²) in [6, 6.07) is 15.7. The van der Waals surface area contributed by atoms with Crippen LogP contribution in [0.1, 0.15) is 0 Å². The van der Waals surface area contributed by atoms with Gasteiger partial charge in [0.25, 0.3) is 0 Å². The molecule has 1 aromatic heterocycles. The number of carbonyl (C=O) groups is 1. The van der Waals surface area contributed by atoms with Crippen LogP contribution in [0.2, 0.25) is 0 Å². The first kappa shape index (κ1) is 15.1. The largest absolute Gasteiger partial charge is 0.325 e. The van der Waals surface area contributed by atoms with Gasteiger partial charge in [-0.1, -0.05) is 34.1 Å². The fourth-order valence-corrected chi connectivity index (χ4v) is 3.42. The maximum Gasteiger partial charge on any atom is 0.317 e. The molecule has 0 fully saturated rings. The monoisotopic (exact) mass is 376 g/mol. The van der Waals surface area contributed by atoms with Crippen molar-refractivity contribution in [3.05, 3.63) is 53.0 Å². The van der Waals surface area contributed by atoms with Gasteiger partial charge in [0, 0.05) is 10.2 Å². The van der Waals surface area contributed by atoms with E-state index in [-0.39, 0.29) is 5.91 Å². The second kappa shape index (κ2) is 6.54. The van der Waals surface area contributed by atoms with Gasteiger partial charge in [0.2, 0.25) is 5.91 Å². The van der Waals surface area contributed by atoms with E-state index < -0.39 is 0 Å². The van der Waals surface area contributed by atoms with Gasteiger partial charge in [0.1, 0.15) is 0 Å². The van der Waals surface area contributed by atoms with Crippen LogP contribution in [0.15, 0.2) is 58.2 Å². The molecule has 0 saturated carbocycles. The Morgan fingerprint density at radius 3 is 2.86 bits per heavy atom. The van der Waals surface area contributed by atoms with Gasteiger partial charge < -0.3 is 5.32 Å². The van der Waals surface area contributed by atoms with Crippen molar-refractivity contribution in [2.45, 2.75) is 5.16 Å². The van der Waals surface area contributed by atoms with Gasteiger partial charge in [0.05, 0.1) is 12.8 Å². The van der Waals surface area contributed by atoms with E-state index in [4.69, 9.17) is 0 Å². The number of fused-ring (bicyclic) bond motifs is 1. The molecule has 1 amide bonds. The summed E-state index contributed by atoms with van der Waals surface area (Å²) in [6.45, 7) is 0. The number of imidazole rings is 1. The lowest BCUT2D eigenvalue weighted by Crippen LogP contribution is -2.29. The number of H-pyrrole nitrogens is 1. The maximum atomic E-state index is 12.1. The lowest BCUT2D eigenvalue weighted by atomic mass is 10.3. The molecule has 0 radical (unpaired) electrons. The molecule has 6 heteroatoms. The number of aryl methyl sites for hydroxylation is 1. The van der Waals surface area contributed by atoms with Crippen LogP contribution in [0.25, 0.3) is 11.0 Å². The minimum absolute atomic E-state index is 0.0262. The van der Waals surface area contributed by atoms with Crippen LogP contribution in [-0.2, 0) is 11.8 Å². The Balaban J connectivity index is 1.66. The number of rotatable bonds is 4. The number of hydrogen-bond acceptors (Lipinski definition) is 2. The van der Waals surface area contributed by atoms with Gasteiger partial charge in [-0.15, -0.1) is 0 Å². The van der Waals surface area contributed by atoms with Crippen LogP contribution in [-0.4, -0.2) is 16.6 Å². The first-order valence-corrected chi connectivity index (χ1v) is 8.56. The average molecular weight is 377 g/mol. The van der Waals surface area contributed by atoms with Crippen LogP contribution in [0.5, 0.6) is 0 Å². The molecule has 0 aliphatic carbocycles. The van der Waals surface area contributed by atoms with Gasteiger partial charge in [0.15, 0.2) is 11.0 Å². The Kier molecular flexibility index (Phi) is 4.49. The second-order valence-corrected chi connectivity index (χ2v) is 6.73. The van der Waals surface area contributed by atoms with Crippen LogP contribution < -0.4 is 9.88 Å². The van der Waals surface area contributed by atoms with Gasteiger partial charge in [-0.05, 0) is 42.1 Å². The average Bonchev–Trinajstić information content (AvgIpc) is 2.82. The number of nitrogens with one attached hydrogen (secondary N) is 2. The lowest BCUT2D eigenvalue weighted by molar-refractivity contribution is -0.683. The quantitative estimate of drug-likeness (QED) is 0.540. The first-order chi connectivity index (χ1) is 10.6. The van der Waals surface area contributed by atoms with Crippen molar-refractivity contribution in [3.63, 3.8) is 0 Å². The molecular formula is C16H15BrN3OS+. The van der Waals surface area contributed by atoms with E-state index in [1.807, 2.05) is 49.5 Å². The van der Waals surface area contributed by atoms with Crippen LogP contribution >= 0.6 is 27.7 Å². The summed E-state index contributed by atoms with van der Waals surface area (Å²) in [4.78, 5) is 15.4. The minimum atomic E-state index is -0.0262. The molecule has 0 unspecified atom stereocenters. The lowest BCUT2D eigenvalue weighted by Gasteiger charge is -2.04. The summed E-state index contributed by atoms with van der Waals surface area (Å²) >= 11 is 4.88. The van der Waals surface area contributed by atoms with Crippen molar-refractivity contribution in [1.82, 2.24) is 4.98 Å². The zero-order valence-corrected chi connectivity index (χ0v) is 14.4.